The Kier molecular flexibility index (Phi) is 4.56. The van der Waals surface area contributed by atoms with Crippen LogP contribution in [0.4, 0.5) is 14.6 Å². The largest absolute Gasteiger partial charge is 0.354 e. The Morgan fingerprint density at radius 1 is 1.19 bits per heavy atom. The highest BCUT2D eigenvalue weighted by Crippen LogP contribution is 2.31. The highest BCUT2D eigenvalue weighted by molar-refractivity contribution is 7.98. The molecule has 2 aliphatic heterocycles. The zero-order chi connectivity index (χ0) is 18.3. The quantitative estimate of drug-likeness (QED) is 0.769. The second-order valence-electron chi connectivity index (χ2n) is 6.94. The fourth-order valence-electron chi connectivity index (χ4n) is 3.98. The molecule has 1 aromatic carbocycles. The Morgan fingerprint density at radius 3 is 2.73 bits per heavy atom. The summed E-state index contributed by atoms with van der Waals surface area (Å²) in [4.78, 5) is 10.2. The zero-order valence-corrected chi connectivity index (χ0v) is 15.3. The molecule has 5 nitrogen and oxygen atoms in total. The van der Waals surface area contributed by atoms with Crippen molar-refractivity contribution in [2.45, 2.75) is 31.7 Å². The van der Waals surface area contributed by atoms with E-state index < -0.39 is 22.0 Å². The summed E-state index contributed by atoms with van der Waals surface area (Å²) in [6.45, 7) is 2.15. The molecule has 0 radical (unpaired) electrons. The molecule has 0 N–H and O–H groups in total. The highest BCUT2D eigenvalue weighted by atomic mass is 32.2. The van der Waals surface area contributed by atoms with Gasteiger partial charge in [-0.15, -0.1) is 0 Å². The van der Waals surface area contributed by atoms with Crippen LogP contribution in [0.3, 0.4) is 0 Å². The molecule has 0 bridgehead atoms. The summed E-state index contributed by atoms with van der Waals surface area (Å²) in [5, 5.41) is 0.773. The van der Waals surface area contributed by atoms with Crippen molar-refractivity contribution in [3.8, 4) is 0 Å². The Balaban J connectivity index is 1.70. The van der Waals surface area contributed by atoms with Crippen LogP contribution in [0.2, 0.25) is 0 Å². The molecular weight excluding hydrogens is 358 g/mol. The van der Waals surface area contributed by atoms with Crippen LogP contribution in [-0.2, 0) is 9.71 Å². The first kappa shape index (κ1) is 17.6. The molecule has 2 fully saturated rings. The fourth-order valence-corrected chi connectivity index (χ4v) is 5.97. The second kappa shape index (κ2) is 6.74. The van der Waals surface area contributed by atoms with Gasteiger partial charge in [-0.2, -0.15) is 0 Å². The van der Waals surface area contributed by atoms with Crippen molar-refractivity contribution in [3.05, 3.63) is 30.1 Å². The lowest BCUT2D eigenvalue weighted by Crippen LogP contribution is -2.48. The third-order valence-electron chi connectivity index (χ3n) is 5.17. The maximum absolute atomic E-state index is 13.3. The van der Waals surface area contributed by atoms with Crippen LogP contribution in [0.15, 0.2) is 24.3 Å². The Hall–Kier alpha value is -1.80. The van der Waals surface area contributed by atoms with E-state index >= 15 is 0 Å². The fraction of sp³-hybridized carbons (Fsp3) is 0.500. The molecule has 4 rings (SSSR count). The lowest BCUT2D eigenvalue weighted by Gasteiger charge is -2.39. The summed E-state index contributed by atoms with van der Waals surface area (Å²) in [5.41, 5.74) is 0.525. The van der Waals surface area contributed by atoms with Gasteiger partial charge >= 0.3 is 0 Å². The smallest absolute Gasteiger partial charge is 0.297 e. The first-order valence-electron chi connectivity index (χ1n) is 8.87. The molecule has 0 aliphatic carbocycles. The molecule has 2 unspecified atom stereocenters. The molecule has 0 amide bonds. The maximum Gasteiger partial charge on any atom is 0.297 e. The van der Waals surface area contributed by atoms with Gasteiger partial charge in [-0.1, -0.05) is 12.1 Å². The Labute approximate surface area is 152 Å². The van der Waals surface area contributed by atoms with Gasteiger partial charge in [0.05, 0.1) is 5.52 Å². The SMILES string of the molecule is C=S1(=O)CCCN1C1CCCN(c2nc(C(F)F)nc3ccccc23)C1. The number of para-hydroxylation sites is 1. The van der Waals surface area contributed by atoms with E-state index in [2.05, 4.69) is 15.8 Å². The van der Waals surface area contributed by atoms with Crippen LogP contribution < -0.4 is 4.90 Å². The van der Waals surface area contributed by atoms with Crippen molar-refractivity contribution in [1.82, 2.24) is 14.3 Å². The number of rotatable bonds is 3. The lowest BCUT2D eigenvalue weighted by atomic mass is 10.0. The minimum Gasteiger partial charge on any atom is -0.354 e. The van der Waals surface area contributed by atoms with Gasteiger partial charge in [0.2, 0.25) is 0 Å². The molecule has 0 spiro atoms. The van der Waals surface area contributed by atoms with Crippen molar-refractivity contribution in [2.24, 2.45) is 0 Å². The van der Waals surface area contributed by atoms with Gasteiger partial charge in [0.1, 0.15) is 5.82 Å². The number of nitrogens with zero attached hydrogens (tertiary/aromatic N) is 4. The van der Waals surface area contributed by atoms with E-state index in [0.717, 1.165) is 37.7 Å². The van der Waals surface area contributed by atoms with Crippen LogP contribution in [0.25, 0.3) is 10.9 Å². The predicted octanol–water partition coefficient (Wildman–Crippen LogP) is 2.87. The number of alkyl halides is 2. The summed E-state index contributed by atoms with van der Waals surface area (Å²) in [5.74, 6) is 4.66. The topological polar surface area (TPSA) is 49.3 Å². The van der Waals surface area contributed by atoms with Gasteiger partial charge in [-0.3, -0.25) is 4.21 Å². The van der Waals surface area contributed by atoms with Crippen LogP contribution >= 0.6 is 0 Å². The van der Waals surface area contributed by atoms with Crippen LogP contribution in [-0.4, -0.2) is 55.8 Å². The van der Waals surface area contributed by atoms with Gasteiger partial charge in [0.15, 0.2) is 5.82 Å². The first-order chi connectivity index (χ1) is 12.5. The van der Waals surface area contributed by atoms with Gasteiger partial charge in [0.25, 0.3) is 6.43 Å². The number of fused-ring (bicyclic) bond motifs is 1. The second-order valence-corrected chi connectivity index (χ2v) is 9.36. The third kappa shape index (κ3) is 3.16. The molecule has 3 heterocycles. The zero-order valence-electron chi connectivity index (χ0n) is 14.5. The average Bonchev–Trinajstić information content (AvgIpc) is 3.00. The lowest BCUT2D eigenvalue weighted by molar-refractivity contribution is 0.141. The number of hydrogen-bond donors (Lipinski definition) is 0. The number of benzene rings is 1. The number of piperidine rings is 1. The number of aromatic nitrogens is 2. The normalized spacial score (nSPS) is 27.5. The van der Waals surface area contributed by atoms with Crippen LogP contribution in [0.5, 0.6) is 0 Å². The van der Waals surface area contributed by atoms with Crippen LogP contribution in [0, 0.1) is 0 Å². The van der Waals surface area contributed by atoms with Crippen molar-refractivity contribution >= 4 is 32.3 Å². The molecule has 1 aromatic heterocycles. The van der Waals surface area contributed by atoms with Crippen LogP contribution in [0.1, 0.15) is 31.5 Å². The summed E-state index contributed by atoms with van der Waals surface area (Å²) in [6.07, 6.45) is 0.0217. The summed E-state index contributed by atoms with van der Waals surface area (Å²) >= 11 is 0. The maximum atomic E-state index is 13.3. The minimum absolute atomic E-state index is 0.111. The van der Waals surface area contributed by atoms with Gasteiger partial charge in [-0.25, -0.2) is 23.1 Å². The summed E-state index contributed by atoms with van der Waals surface area (Å²) < 4.78 is 41.2. The molecule has 2 aromatic rings. The van der Waals surface area contributed by atoms with Gasteiger partial charge < -0.3 is 4.90 Å². The number of hydrogen-bond acceptors (Lipinski definition) is 4. The van der Waals surface area contributed by atoms with Crippen molar-refractivity contribution < 1.29 is 13.0 Å². The average molecular weight is 380 g/mol. The summed E-state index contributed by atoms with van der Waals surface area (Å²) in [6, 6.07) is 7.36. The molecule has 0 saturated carbocycles. The van der Waals surface area contributed by atoms with E-state index in [4.69, 9.17) is 0 Å². The van der Waals surface area contributed by atoms with Gasteiger partial charge in [-0.05, 0) is 37.3 Å². The highest BCUT2D eigenvalue weighted by Gasteiger charge is 2.34. The molecule has 2 saturated heterocycles. The molecule has 2 atom stereocenters. The van der Waals surface area contributed by atoms with E-state index in [1.165, 1.54) is 0 Å². The van der Waals surface area contributed by atoms with E-state index in [0.29, 0.717) is 23.6 Å². The van der Waals surface area contributed by atoms with E-state index in [1.807, 2.05) is 21.3 Å². The Bertz CT molecular complexity index is 919. The number of anilines is 1. The van der Waals surface area contributed by atoms with E-state index in [-0.39, 0.29) is 6.04 Å². The first-order valence-corrected chi connectivity index (χ1v) is 10.7. The predicted molar refractivity (Wildman–Crippen MR) is 101 cm³/mol. The molecule has 140 valence electrons. The summed E-state index contributed by atoms with van der Waals surface area (Å²) in [7, 11) is -2.20. The number of halogens is 2. The molecule has 2 aliphatic rings. The molecular formula is C18H22F2N4OS. The van der Waals surface area contributed by atoms with E-state index in [9.17, 15) is 13.0 Å². The standard InChI is InChI=1S/C18H22F2N4OS/c1-26(25)11-5-10-24(26)13-6-4-9-23(12-13)18-14-7-2-3-8-15(14)21-17(22-18)16(19)20/h2-3,7-8,13,16H,1,4-6,9-12H2. The van der Waals surface area contributed by atoms with E-state index in [1.54, 1.807) is 12.1 Å². The molecule has 26 heavy (non-hydrogen) atoms. The minimum atomic E-state index is -2.71. The Morgan fingerprint density at radius 2 is 2.00 bits per heavy atom. The van der Waals surface area contributed by atoms with Crippen molar-refractivity contribution in [1.29, 1.82) is 0 Å². The molecule has 8 heteroatoms. The van der Waals surface area contributed by atoms with Crippen molar-refractivity contribution in [3.63, 3.8) is 0 Å². The monoisotopic (exact) mass is 380 g/mol. The third-order valence-corrected chi connectivity index (χ3v) is 7.43. The van der Waals surface area contributed by atoms with Gasteiger partial charge in [0, 0.05) is 46.5 Å². The van der Waals surface area contributed by atoms with Crippen molar-refractivity contribution in [2.75, 3.05) is 30.3 Å².